The van der Waals surface area contributed by atoms with Crippen molar-refractivity contribution in [1.29, 1.82) is 0 Å². The van der Waals surface area contributed by atoms with Crippen LogP contribution in [0.5, 0.6) is 0 Å². The first-order valence-corrected chi connectivity index (χ1v) is 10.8. The summed E-state index contributed by atoms with van der Waals surface area (Å²) in [6, 6.07) is 20.2. The molecule has 4 rings (SSSR count). The Hall–Kier alpha value is -3.44. The Bertz CT molecular complexity index is 1280. The predicted molar refractivity (Wildman–Crippen MR) is 129 cm³/mol. The lowest BCUT2D eigenvalue weighted by Gasteiger charge is -2.14. The smallest absolute Gasteiger partial charge is 0.250 e. The lowest BCUT2D eigenvalue weighted by Crippen LogP contribution is -2.29. The summed E-state index contributed by atoms with van der Waals surface area (Å²) >= 11 is 0. The molecule has 0 aliphatic carbocycles. The van der Waals surface area contributed by atoms with E-state index >= 15 is 0 Å². The Morgan fingerprint density at radius 1 is 0.839 bits per heavy atom. The largest absolute Gasteiger partial charge is 0.366 e. The van der Waals surface area contributed by atoms with Crippen LogP contribution in [0.4, 0.5) is 5.69 Å². The number of unbranched alkanes of at least 4 members (excludes halogenated alkanes) is 2. The summed E-state index contributed by atoms with van der Waals surface area (Å²) in [5, 5.41) is 12.3. The average Bonchev–Trinajstić information content (AvgIpc) is 2.76. The van der Waals surface area contributed by atoms with Crippen molar-refractivity contribution in [1.82, 2.24) is 5.32 Å². The SMILES string of the molecule is CCCCCNCC(=O)Nc1c(C(N)=O)ccc2cc3cc4ccccc4cc3cc12. The number of anilines is 1. The van der Waals surface area contributed by atoms with E-state index in [0.29, 0.717) is 11.3 Å². The van der Waals surface area contributed by atoms with E-state index in [0.717, 1.165) is 52.7 Å². The summed E-state index contributed by atoms with van der Waals surface area (Å²) in [7, 11) is 0. The van der Waals surface area contributed by atoms with Crippen LogP contribution in [0.3, 0.4) is 0 Å². The van der Waals surface area contributed by atoms with E-state index in [4.69, 9.17) is 5.73 Å². The van der Waals surface area contributed by atoms with E-state index in [1.807, 2.05) is 24.3 Å². The summed E-state index contributed by atoms with van der Waals surface area (Å²) in [6.45, 7) is 3.12. The van der Waals surface area contributed by atoms with Crippen LogP contribution in [0.1, 0.15) is 36.5 Å². The summed E-state index contributed by atoms with van der Waals surface area (Å²) < 4.78 is 0. The van der Waals surface area contributed by atoms with E-state index < -0.39 is 5.91 Å². The molecule has 0 aromatic heterocycles. The van der Waals surface area contributed by atoms with Gasteiger partial charge in [-0.3, -0.25) is 9.59 Å². The second-order valence-electron chi connectivity index (χ2n) is 7.90. The number of nitrogens with two attached hydrogens (primary N) is 1. The minimum Gasteiger partial charge on any atom is -0.366 e. The molecule has 0 saturated heterocycles. The molecule has 0 aliphatic rings. The molecule has 0 saturated carbocycles. The molecule has 0 radical (unpaired) electrons. The lowest BCUT2D eigenvalue weighted by atomic mass is 9.97. The van der Waals surface area contributed by atoms with E-state index in [-0.39, 0.29) is 12.5 Å². The molecular formula is C26H27N3O2. The topological polar surface area (TPSA) is 84.2 Å². The van der Waals surface area contributed by atoms with E-state index in [1.54, 1.807) is 6.07 Å². The first-order valence-electron chi connectivity index (χ1n) is 10.8. The molecule has 4 N–H and O–H groups in total. The third-order valence-electron chi connectivity index (χ3n) is 5.61. The number of nitrogens with one attached hydrogen (secondary N) is 2. The van der Waals surface area contributed by atoms with Crippen LogP contribution in [0.2, 0.25) is 0 Å². The van der Waals surface area contributed by atoms with E-state index in [1.165, 1.54) is 5.39 Å². The van der Waals surface area contributed by atoms with Crippen LogP contribution < -0.4 is 16.4 Å². The third-order valence-corrected chi connectivity index (χ3v) is 5.61. The summed E-state index contributed by atoms with van der Waals surface area (Å²) in [6.07, 6.45) is 3.30. The molecule has 2 amide bonds. The molecule has 0 heterocycles. The molecule has 0 unspecified atom stereocenters. The normalized spacial score (nSPS) is 11.3. The Balaban J connectivity index is 1.73. The van der Waals surface area contributed by atoms with Crippen molar-refractivity contribution >= 4 is 49.8 Å². The maximum atomic E-state index is 12.6. The second-order valence-corrected chi connectivity index (χ2v) is 7.90. The number of amides is 2. The first kappa shape index (κ1) is 20.8. The maximum Gasteiger partial charge on any atom is 0.250 e. The highest BCUT2D eigenvalue weighted by Crippen LogP contribution is 2.33. The van der Waals surface area contributed by atoms with Crippen molar-refractivity contribution in [2.45, 2.75) is 26.2 Å². The molecular weight excluding hydrogens is 386 g/mol. The number of benzene rings is 4. The van der Waals surface area contributed by atoms with Crippen LogP contribution in [0, 0.1) is 0 Å². The van der Waals surface area contributed by atoms with Gasteiger partial charge in [-0.15, -0.1) is 0 Å². The van der Waals surface area contributed by atoms with E-state index in [9.17, 15) is 9.59 Å². The van der Waals surface area contributed by atoms with Crippen LogP contribution in [0.15, 0.2) is 60.7 Å². The summed E-state index contributed by atoms with van der Waals surface area (Å²) in [5.74, 6) is -0.753. The van der Waals surface area contributed by atoms with Gasteiger partial charge in [0.1, 0.15) is 0 Å². The number of rotatable bonds is 8. The van der Waals surface area contributed by atoms with Gasteiger partial charge in [0.15, 0.2) is 0 Å². The fourth-order valence-corrected chi connectivity index (χ4v) is 3.99. The van der Waals surface area contributed by atoms with Gasteiger partial charge in [0, 0.05) is 5.39 Å². The Labute approximate surface area is 181 Å². The van der Waals surface area contributed by atoms with Crippen molar-refractivity contribution in [3.63, 3.8) is 0 Å². The molecule has 0 spiro atoms. The molecule has 0 atom stereocenters. The zero-order chi connectivity index (χ0) is 21.8. The Morgan fingerprint density at radius 3 is 2.19 bits per heavy atom. The van der Waals surface area contributed by atoms with Gasteiger partial charge < -0.3 is 16.4 Å². The average molecular weight is 414 g/mol. The summed E-state index contributed by atoms with van der Waals surface area (Å²) in [4.78, 5) is 24.6. The fourth-order valence-electron chi connectivity index (χ4n) is 3.99. The van der Waals surface area contributed by atoms with Crippen LogP contribution in [-0.4, -0.2) is 24.9 Å². The van der Waals surface area contributed by atoms with Gasteiger partial charge in [-0.05, 0) is 70.2 Å². The fraction of sp³-hybridized carbons (Fsp3) is 0.231. The Kier molecular flexibility index (Phi) is 6.14. The third kappa shape index (κ3) is 4.52. The van der Waals surface area contributed by atoms with Gasteiger partial charge >= 0.3 is 0 Å². The number of fused-ring (bicyclic) bond motifs is 3. The van der Waals surface area contributed by atoms with Crippen LogP contribution >= 0.6 is 0 Å². The molecule has 31 heavy (non-hydrogen) atoms. The molecule has 5 nitrogen and oxygen atoms in total. The van der Waals surface area contributed by atoms with Crippen molar-refractivity contribution in [2.24, 2.45) is 5.73 Å². The van der Waals surface area contributed by atoms with Crippen molar-refractivity contribution in [3.8, 4) is 0 Å². The zero-order valence-electron chi connectivity index (χ0n) is 17.7. The van der Waals surface area contributed by atoms with Crippen LogP contribution in [-0.2, 0) is 4.79 Å². The van der Waals surface area contributed by atoms with Crippen LogP contribution in [0.25, 0.3) is 32.3 Å². The van der Waals surface area contributed by atoms with Gasteiger partial charge in [0.25, 0.3) is 5.91 Å². The number of primary amides is 1. The van der Waals surface area contributed by atoms with Gasteiger partial charge in [0.2, 0.25) is 5.91 Å². The number of carbonyl (C=O) groups excluding carboxylic acids is 2. The highest BCUT2D eigenvalue weighted by molar-refractivity contribution is 6.15. The number of carbonyl (C=O) groups is 2. The molecule has 4 aromatic carbocycles. The molecule has 5 heteroatoms. The van der Waals surface area contributed by atoms with Gasteiger partial charge in [-0.25, -0.2) is 0 Å². The first-order chi connectivity index (χ1) is 15.1. The molecule has 0 fully saturated rings. The Morgan fingerprint density at radius 2 is 1.52 bits per heavy atom. The van der Waals surface area contributed by atoms with Gasteiger partial charge in [0.05, 0.1) is 17.8 Å². The monoisotopic (exact) mass is 413 g/mol. The summed E-state index contributed by atoms with van der Waals surface area (Å²) in [5.41, 5.74) is 6.40. The van der Waals surface area contributed by atoms with Crippen molar-refractivity contribution < 1.29 is 9.59 Å². The molecule has 0 aliphatic heterocycles. The molecule has 0 bridgehead atoms. The highest BCUT2D eigenvalue weighted by Gasteiger charge is 2.15. The zero-order valence-corrected chi connectivity index (χ0v) is 17.7. The minimum absolute atomic E-state index is 0.190. The second kappa shape index (κ2) is 9.14. The lowest BCUT2D eigenvalue weighted by molar-refractivity contribution is -0.115. The number of hydrogen-bond donors (Lipinski definition) is 3. The molecule has 158 valence electrons. The van der Waals surface area contributed by atoms with Crippen molar-refractivity contribution in [2.75, 3.05) is 18.4 Å². The van der Waals surface area contributed by atoms with Gasteiger partial charge in [-0.2, -0.15) is 0 Å². The predicted octanol–water partition coefficient (Wildman–Crippen LogP) is 4.96. The minimum atomic E-state index is -0.563. The number of hydrogen-bond acceptors (Lipinski definition) is 3. The van der Waals surface area contributed by atoms with E-state index in [2.05, 4.69) is 47.9 Å². The maximum absolute atomic E-state index is 12.6. The standard InChI is InChI=1S/C26H27N3O2/c1-2-3-6-11-28-16-24(30)29-25-22(26(27)31)10-9-19-14-20-12-17-7-4-5-8-18(17)13-21(20)15-23(19)25/h4-5,7-10,12-15,28H,2-3,6,11,16H2,1H3,(H2,27,31)(H,29,30). The van der Waals surface area contributed by atoms with Gasteiger partial charge in [-0.1, -0.05) is 50.1 Å². The quantitative estimate of drug-likeness (QED) is 0.282. The highest BCUT2D eigenvalue weighted by atomic mass is 16.2. The molecule has 4 aromatic rings. The van der Waals surface area contributed by atoms with Crippen molar-refractivity contribution in [3.05, 3.63) is 66.2 Å².